The first kappa shape index (κ1) is 22.7. The fraction of sp³-hybridized carbons (Fsp3) is 0.571. The lowest BCUT2D eigenvalue weighted by molar-refractivity contribution is -0.147. The molecule has 2 fully saturated rings. The Bertz CT molecular complexity index is 823. The zero-order valence-corrected chi connectivity index (χ0v) is 18.4. The second-order valence-electron chi connectivity index (χ2n) is 7.96. The highest BCUT2D eigenvalue weighted by Crippen LogP contribution is 2.49. The van der Waals surface area contributed by atoms with Crippen LogP contribution in [0.15, 0.2) is 30.3 Å². The van der Waals surface area contributed by atoms with Gasteiger partial charge in [0.25, 0.3) is 5.91 Å². The molecule has 1 saturated heterocycles. The van der Waals surface area contributed by atoms with E-state index in [4.69, 9.17) is 9.05 Å². The maximum atomic E-state index is 13.3. The molecule has 1 N–H and O–H groups in total. The lowest BCUT2D eigenvalue weighted by Crippen LogP contribution is -2.67. The van der Waals surface area contributed by atoms with Gasteiger partial charge in [-0.2, -0.15) is 0 Å². The molecule has 0 radical (unpaired) electrons. The van der Waals surface area contributed by atoms with Crippen LogP contribution in [0.25, 0.3) is 0 Å². The molecule has 0 spiro atoms. The molecule has 9 heteroatoms. The Balaban J connectivity index is 1.75. The van der Waals surface area contributed by atoms with Crippen LogP contribution < -0.4 is 5.32 Å². The monoisotopic (exact) mass is 436 g/mol. The number of ketones is 1. The number of hydrogen-bond donors (Lipinski definition) is 1. The van der Waals surface area contributed by atoms with Crippen LogP contribution in [0, 0.1) is 5.92 Å². The Hall–Kier alpha value is -2.02. The molecule has 0 atom stereocenters. The fourth-order valence-corrected chi connectivity index (χ4v) is 5.19. The topological polar surface area (TPSA) is 102 Å². The van der Waals surface area contributed by atoms with Gasteiger partial charge in [-0.05, 0) is 44.2 Å². The van der Waals surface area contributed by atoms with Gasteiger partial charge in [0.2, 0.25) is 5.91 Å². The van der Waals surface area contributed by atoms with Gasteiger partial charge in [0.05, 0.1) is 0 Å². The van der Waals surface area contributed by atoms with E-state index < -0.39 is 19.1 Å². The van der Waals surface area contributed by atoms with E-state index in [1.807, 2.05) is 6.07 Å². The van der Waals surface area contributed by atoms with E-state index in [9.17, 15) is 18.9 Å². The van der Waals surface area contributed by atoms with Crippen LogP contribution in [-0.4, -0.2) is 61.5 Å². The molecular weight excluding hydrogens is 407 g/mol. The van der Waals surface area contributed by atoms with Gasteiger partial charge in [-0.3, -0.25) is 18.9 Å². The van der Waals surface area contributed by atoms with Crippen molar-refractivity contribution in [3.63, 3.8) is 0 Å². The smallest absolute Gasteiger partial charge is 0.337 e. The number of nitrogens with one attached hydrogen (secondary N) is 1. The molecule has 1 aliphatic heterocycles. The number of rotatable bonds is 8. The fourth-order valence-electron chi connectivity index (χ4n) is 4.14. The summed E-state index contributed by atoms with van der Waals surface area (Å²) in [7, 11) is -0.993. The first-order chi connectivity index (χ1) is 14.3. The van der Waals surface area contributed by atoms with Crippen molar-refractivity contribution in [3.8, 4) is 0 Å². The Morgan fingerprint density at radius 1 is 1.07 bits per heavy atom. The van der Waals surface area contributed by atoms with Gasteiger partial charge < -0.3 is 19.3 Å². The van der Waals surface area contributed by atoms with E-state index in [0.717, 1.165) is 19.3 Å². The summed E-state index contributed by atoms with van der Waals surface area (Å²) in [5.41, 5.74) is -0.657. The minimum atomic E-state index is -3.47. The van der Waals surface area contributed by atoms with Crippen LogP contribution in [0.5, 0.6) is 0 Å². The quantitative estimate of drug-likeness (QED) is 0.629. The Labute approximate surface area is 176 Å². The molecule has 30 heavy (non-hydrogen) atoms. The third-order valence-corrected chi connectivity index (χ3v) is 7.80. The third kappa shape index (κ3) is 4.82. The summed E-state index contributed by atoms with van der Waals surface area (Å²) in [6.45, 7) is 1.31. The molecule has 0 aromatic heterocycles. The number of amides is 2. The second-order valence-corrected chi connectivity index (χ2v) is 10.2. The zero-order chi connectivity index (χ0) is 21.8. The lowest BCUT2D eigenvalue weighted by Gasteiger charge is -2.48. The molecule has 0 unspecified atom stereocenters. The largest absolute Gasteiger partial charge is 0.341 e. The maximum Gasteiger partial charge on any atom is 0.337 e. The van der Waals surface area contributed by atoms with Crippen molar-refractivity contribution in [2.75, 3.05) is 33.5 Å². The van der Waals surface area contributed by atoms with Crippen LogP contribution in [-0.2, 0) is 23.2 Å². The normalized spacial score (nSPS) is 24.1. The Morgan fingerprint density at radius 2 is 1.67 bits per heavy atom. The summed E-state index contributed by atoms with van der Waals surface area (Å²) < 4.78 is 22.0. The van der Waals surface area contributed by atoms with E-state index >= 15 is 0 Å². The molecule has 1 aliphatic carbocycles. The SMILES string of the molecule is COP(=O)(CC(=O)C1CC(NC(=O)c2ccccc2)(C(=O)N2CCCCC2)C1)OC. The Morgan fingerprint density at radius 3 is 2.23 bits per heavy atom. The summed E-state index contributed by atoms with van der Waals surface area (Å²) in [4.78, 5) is 40.5. The van der Waals surface area contributed by atoms with Crippen LogP contribution >= 0.6 is 7.60 Å². The van der Waals surface area contributed by atoms with Crippen molar-refractivity contribution < 1.29 is 28.0 Å². The van der Waals surface area contributed by atoms with Gasteiger partial charge in [-0.1, -0.05) is 18.2 Å². The average molecular weight is 436 g/mol. The van der Waals surface area contributed by atoms with Crippen molar-refractivity contribution in [2.45, 2.75) is 37.6 Å². The molecular formula is C21H29N2O6P. The van der Waals surface area contributed by atoms with Crippen LogP contribution in [0.3, 0.4) is 0 Å². The number of piperidine rings is 1. The van der Waals surface area contributed by atoms with Crippen molar-refractivity contribution in [1.29, 1.82) is 0 Å². The van der Waals surface area contributed by atoms with Crippen molar-refractivity contribution in [1.82, 2.24) is 10.2 Å². The maximum absolute atomic E-state index is 13.3. The van der Waals surface area contributed by atoms with E-state index in [0.29, 0.717) is 18.7 Å². The molecule has 1 aromatic carbocycles. The van der Waals surface area contributed by atoms with Crippen LogP contribution in [0.2, 0.25) is 0 Å². The number of nitrogens with zero attached hydrogens (tertiary/aromatic N) is 1. The number of Topliss-reactive ketones (excluding diaryl/α,β-unsaturated/α-hetero) is 1. The molecule has 1 heterocycles. The van der Waals surface area contributed by atoms with E-state index in [-0.39, 0.29) is 36.6 Å². The minimum Gasteiger partial charge on any atom is -0.341 e. The first-order valence-electron chi connectivity index (χ1n) is 10.2. The van der Waals surface area contributed by atoms with Crippen molar-refractivity contribution >= 4 is 25.2 Å². The van der Waals surface area contributed by atoms with E-state index in [2.05, 4.69) is 5.32 Å². The molecule has 8 nitrogen and oxygen atoms in total. The highest BCUT2D eigenvalue weighted by atomic mass is 31.2. The number of carbonyl (C=O) groups excluding carboxylic acids is 3. The molecule has 1 aromatic rings. The number of hydrogen-bond acceptors (Lipinski definition) is 6. The molecule has 2 amide bonds. The molecule has 164 valence electrons. The minimum absolute atomic E-state index is 0.141. The summed E-state index contributed by atoms with van der Waals surface area (Å²) in [5.74, 6) is -1.24. The molecule has 0 bridgehead atoms. The van der Waals surface area contributed by atoms with E-state index in [1.165, 1.54) is 14.2 Å². The summed E-state index contributed by atoms with van der Waals surface area (Å²) in [5, 5.41) is 2.90. The summed E-state index contributed by atoms with van der Waals surface area (Å²) >= 11 is 0. The van der Waals surface area contributed by atoms with E-state index in [1.54, 1.807) is 29.2 Å². The van der Waals surface area contributed by atoms with Gasteiger partial charge in [-0.15, -0.1) is 0 Å². The van der Waals surface area contributed by atoms with Crippen LogP contribution in [0.1, 0.15) is 42.5 Å². The second kappa shape index (κ2) is 9.41. The van der Waals surface area contributed by atoms with Gasteiger partial charge in [0.1, 0.15) is 17.5 Å². The van der Waals surface area contributed by atoms with Crippen molar-refractivity contribution in [2.24, 2.45) is 5.92 Å². The first-order valence-corrected chi connectivity index (χ1v) is 12.0. The van der Waals surface area contributed by atoms with Crippen LogP contribution in [0.4, 0.5) is 0 Å². The Kier molecular flexibility index (Phi) is 7.11. The van der Waals surface area contributed by atoms with Gasteiger partial charge in [-0.25, -0.2) is 0 Å². The lowest BCUT2D eigenvalue weighted by atomic mass is 9.65. The predicted molar refractivity (Wildman–Crippen MR) is 111 cm³/mol. The highest BCUT2D eigenvalue weighted by molar-refractivity contribution is 7.54. The molecule has 2 aliphatic rings. The average Bonchev–Trinajstić information content (AvgIpc) is 2.76. The molecule has 1 saturated carbocycles. The zero-order valence-electron chi connectivity index (χ0n) is 17.5. The van der Waals surface area contributed by atoms with Gasteiger partial charge in [0.15, 0.2) is 0 Å². The highest BCUT2D eigenvalue weighted by Gasteiger charge is 2.55. The number of likely N-dealkylation sites (tertiary alicyclic amines) is 1. The predicted octanol–water partition coefficient (Wildman–Crippen LogP) is 2.63. The number of carbonyl (C=O) groups is 3. The number of benzene rings is 1. The van der Waals surface area contributed by atoms with Gasteiger partial charge in [0, 0.05) is 38.8 Å². The van der Waals surface area contributed by atoms with Gasteiger partial charge >= 0.3 is 7.60 Å². The standard InChI is InChI=1S/C21H29N2O6P/c1-28-30(27,29-2)15-18(24)17-13-21(14-17,20(26)23-11-7-4-8-12-23)22-19(25)16-9-5-3-6-10-16/h3,5-6,9-10,17H,4,7-8,11-15H2,1-2H3,(H,22,25). The summed E-state index contributed by atoms with van der Waals surface area (Å²) in [6, 6.07) is 8.70. The van der Waals surface area contributed by atoms with Crippen molar-refractivity contribution in [3.05, 3.63) is 35.9 Å². The molecule has 3 rings (SSSR count). The third-order valence-electron chi connectivity index (χ3n) is 5.99. The summed E-state index contributed by atoms with van der Waals surface area (Å²) in [6.07, 6.45) is 2.98.